The molecule has 0 spiro atoms. The third kappa shape index (κ3) is 3.89. The molecule has 0 aliphatic rings. The predicted molar refractivity (Wildman–Crippen MR) is 86.9 cm³/mol. The molecule has 0 heterocycles. The van der Waals surface area contributed by atoms with Gasteiger partial charge < -0.3 is 19.9 Å². The third-order valence-electron chi connectivity index (χ3n) is 3.17. The number of benzene rings is 2. The highest BCUT2D eigenvalue weighted by Crippen LogP contribution is 2.33. The number of hydrogen-bond donors (Lipinski definition) is 2. The number of methoxy groups -OCH3 is 2. The van der Waals surface area contributed by atoms with Gasteiger partial charge in [0.2, 0.25) is 0 Å². The molecule has 2 N–H and O–H groups in total. The van der Waals surface area contributed by atoms with Crippen molar-refractivity contribution < 1.29 is 14.6 Å². The number of ether oxygens (including phenoxy) is 2. The van der Waals surface area contributed by atoms with E-state index in [1.54, 1.807) is 14.2 Å². The number of hydrogen-bond acceptors (Lipinski definition) is 4. The van der Waals surface area contributed by atoms with Crippen molar-refractivity contribution in [2.75, 3.05) is 19.5 Å². The first-order valence-electron chi connectivity index (χ1n) is 6.52. The van der Waals surface area contributed by atoms with E-state index in [1.807, 2.05) is 36.4 Å². The monoisotopic (exact) mass is 351 g/mol. The second-order valence-corrected chi connectivity index (χ2v) is 5.36. The average Bonchev–Trinajstić information content (AvgIpc) is 2.53. The van der Waals surface area contributed by atoms with Crippen LogP contribution in [-0.2, 0) is 13.2 Å². The zero-order chi connectivity index (χ0) is 15.2. The van der Waals surface area contributed by atoms with Gasteiger partial charge in [-0.1, -0.05) is 28.1 Å². The molecule has 0 fully saturated rings. The van der Waals surface area contributed by atoms with Gasteiger partial charge in [0.1, 0.15) is 0 Å². The van der Waals surface area contributed by atoms with Crippen molar-refractivity contribution in [1.29, 1.82) is 0 Å². The van der Waals surface area contributed by atoms with Crippen molar-refractivity contribution in [2.45, 2.75) is 13.2 Å². The van der Waals surface area contributed by atoms with Crippen LogP contribution in [0, 0.1) is 0 Å². The molecule has 2 rings (SSSR count). The lowest BCUT2D eigenvalue weighted by atomic mass is 10.2. The van der Waals surface area contributed by atoms with Gasteiger partial charge in [0, 0.05) is 16.7 Å². The molecule has 2 aromatic carbocycles. The van der Waals surface area contributed by atoms with Gasteiger partial charge in [-0.3, -0.25) is 0 Å². The fourth-order valence-electron chi connectivity index (χ4n) is 1.96. The molecule has 0 bridgehead atoms. The number of anilines is 1. The van der Waals surface area contributed by atoms with E-state index >= 15 is 0 Å². The number of nitrogens with one attached hydrogen (secondary N) is 1. The molecule has 0 radical (unpaired) electrons. The first-order chi connectivity index (χ1) is 10.2. The maximum Gasteiger partial charge on any atom is 0.161 e. The van der Waals surface area contributed by atoms with Crippen LogP contribution in [-0.4, -0.2) is 19.3 Å². The van der Waals surface area contributed by atoms with Gasteiger partial charge in [-0.2, -0.15) is 0 Å². The van der Waals surface area contributed by atoms with Crippen molar-refractivity contribution in [3.05, 3.63) is 52.0 Å². The van der Waals surface area contributed by atoms with Crippen molar-refractivity contribution in [1.82, 2.24) is 0 Å². The lowest BCUT2D eigenvalue weighted by Gasteiger charge is -2.13. The zero-order valence-corrected chi connectivity index (χ0v) is 13.6. The summed E-state index contributed by atoms with van der Waals surface area (Å²) in [6, 6.07) is 11.5. The van der Waals surface area contributed by atoms with Gasteiger partial charge in [-0.15, -0.1) is 0 Å². The van der Waals surface area contributed by atoms with E-state index in [0.29, 0.717) is 18.0 Å². The molecule has 21 heavy (non-hydrogen) atoms. The lowest BCUT2D eigenvalue weighted by Crippen LogP contribution is -2.02. The highest BCUT2D eigenvalue weighted by Gasteiger charge is 2.09. The summed E-state index contributed by atoms with van der Waals surface area (Å²) in [5.41, 5.74) is 2.96. The Morgan fingerprint density at radius 3 is 2.24 bits per heavy atom. The predicted octanol–water partition coefficient (Wildman–Crippen LogP) is 3.57. The fraction of sp³-hybridized carbons (Fsp3) is 0.250. The van der Waals surface area contributed by atoms with Crippen molar-refractivity contribution in [3.63, 3.8) is 0 Å². The quantitative estimate of drug-likeness (QED) is 0.835. The third-order valence-corrected chi connectivity index (χ3v) is 3.91. The molecule has 0 amide bonds. The molecule has 0 unspecified atom stereocenters. The minimum atomic E-state index is 0.0571. The van der Waals surface area contributed by atoms with Gasteiger partial charge in [-0.05, 0) is 35.4 Å². The minimum absolute atomic E-state index is 0.0571. The van der Waals surface area contributed by atoms with Crippen molar-refractivity contribution in [3.8, 4) is 11.5 Å². The van der Waals surface area contributed by atoms with Crippen LogP contribution in [0.2, 0.25) is 0 Å². The Labute approximate surface area is 132 Å². The van der Waals surface area contributed by atoms with Crippen LogP contribution in [0.1, 0.15) is 11.1 Å². The first-order valence-corrected chi connectivity index (χ1v) is 7.31. The van der Waals surface area contributed by atoms with E-state index in [9.17, 15) is 0 Å². The largest absolute Gasteiger partial charge is 0.493 e. The van der Waals surface area contributed by atoms with Crippen LogP contribution < -0.4 is 14.8 Å². The Kier molecular flexibility index (Phi) is 5.47. The van der Waals surface area contributed by atoms with E-state index in [4.69, 9.17) is 14.6 Å². The topological polar surface area (TPSA) is 50.7 Å². The van der Waals surface area contributed by atoms with Gasteiger partial charge >= 0.3 is 0 Å². The van der Waals surface area contributed by atoms with Crippen molar-refractivity contribution >= 4 is 21.6 Å². The molecule has 112 valence electrons. The normalized spacial score (nSPS) is 10.3. The summed E-state index contributed by atoms with van der Waals surface area (Å²) in [6.07, 6.45) is 0. The summed E-state index contributed by atoms with van der Waals surface area (Å²) in [6.45, 7) is 0.709. The van der Waals surface area contributed by atoms with E-state index in [-0.39, 0.29) is 6.61 Å². The Morgan fingerprint density at radius 2 is 1.67 bits per heavy atom. The number of aliphatic hydroxyl groups excluding tert-OH is 1. The fourth-order valence-corrected chi connectivity index (χ4v) is 2.42. The summed E-state index contributed by atoms with van der Waals surface area (Å²) in [5.74, 6) is 1.40. The molecule has 0 aromatic heterocycles. The second kappa shape index (κ2) is 7.33. The van der Waals surface area contributed by atoms with E-state index in [1.165, 1.54) is 0 Å². The standard InChI is InChI=1S/C16H18BrNO3/c1-20-15-7-12(14(17)8-16(15)21-2)9-18-13-5-3-11(10-19)4-6-13/h3-8,18-19H,9-10H2,1-2H3. The average molecular weight is 352 g/mol. The van der Waals surface area contributed by atoms with E-state index in [2.05, 4.69) is 21.2 Å². The Balaban J connectivity index is 2.11. The number of aliphatic hydroxyl groups is 1. The Bertz CT molecular complexity index is 599. The molecule has 0 aliphatic heterocycles. The van der Waals surface area contributed by atoms with E-state index < -0.39 is 0 Å². The molecular weight excluding hydrogens is 334 g/mol. The van der Waals surface area contributed by atoms with Crippen LogP contribution in [0.4, 0.5) is 5.69 Å². The van der Waals surface area contributed by atoms with Gasteiger partial charge in [-0.25, -0.2) is 0 Å². The van der Waals surface area contributed by atoms with Crippen LogP contribution >= 0.6 is 15.9 Å². The zero-order valence-electron chi connectivity index (χ0n) is 12.0. The summed E-state index contributed by atoms with van der Waals surface area (Å²) in [5, 5.41) is 12.4. The SMILES string of the molecule is COc1cc(Br)c(CNc2ccc(CO)cc2)cc1OC. The smallest absolute Gasteiger partial charge is 0.161 e. The van der Waals surface area contributed by atoms with Crippen LogP contribution in [0.5, 0.6) is 11.5 Å². The maximum atomic E-state index is 9.03. The summed E-state index contributed by atoms with van der Waals surface area (Å²) in [7, 11) is 3.24. The lowest BCUT2D eigenvalue weighted by molar-refractivity contribution is 0.282. The van der Waals surface area contributed by atoms with Crippen LogP contribution in [0.15, 0.2) is 40.9 Å². The first kappa shape index (κ1) is 15.7. The minimum Gasteiger partial charge on any atom is -0.493 e. The second-order valence-electron chi connectivity index (χ2n) is 4.51. The van der Waals surface area contributed by atoms with Gasteiger partial charge in [0.05, 0.1) is 20.8 Å². The molecular formula is C16H18BrNO3. The molecule has 2 aromatic rings. The molecule has 0 saturated heterocycles. The maximum absolute atomic E-state index is 9.03. The number of halogens is 1. The molecule has 0 saturated carbocycles. The summed E-state index contributed by atoms with van der Waals surface area (Å²) < 4.78 is 11.5. The van der Waals surface area contributed by atoms with Crippen LogP contribution in [0.25, 0.3) is 0 Å². The molecule has 0 aliphatic carbocycles. The Hall–Kier alpha value is -1.72. The highest BCUT2D eigenvalue weighted by molar-refractivity contribution is 9.10. The molecule has 5 heteroatoms. The van der Waals surface area contributed by atoms with E-state index in [0.717, 1.165) is 21.3 Å². The van der Waals surface area contributed by atoms with Crippen LogP contribution in [0.3, 0.4) is 0 Å². The van der Waals surface area contributed by atoms with Gasteiger partial charge in [0.15, 0.2) is 11.5 Å². The molecule has 4 nitrogen and oxygen atoms in total. The molecule has 0 atom stereocenters. The van der Waals surface area contributed by atoms with Crippen molar-refractivity contribution in [2.24, 2.45) is 0 Å². The Morgan fingerprint density at radius 1 is 1.05 bits per heavy atom. The highest BCUT2D eigenvalue weighted by atomic mass is 79.9. The number of rotatable bonds is 6. The summed E-state index contributed by atoms with van der Waals surface area (Å²) in [4.78, 5) is 0. The summed E-state index contributed by atoms with van der Waals surface area (Å²) >= 11 is 3.54. The van der Waals surface area contributed by atoms with Gasteiger partial charge in [0.25, 0.3) is 0 Å².